The van der Waals surface area contributed by atoms with Crippen LogP contribution >= 0.6 is 15.9 Å². The number of amides is 1. The van der Waals surface area contributed by atoms with Crippen molar-refractivity contribution in [3.8, 4) is 0 Å². The van der Waals surface area contributed by atoms with E-state index in [1.807, 2.05) is 0 Å². The summed E-state index contributed by atoms with van der Waals surface area (Å²) in [7, 11) is -3.75. The third-order valence-electron chi connectivity index (χ3n) is 2.34. The van der Waals surface area contributed by atoms with E-state index < -0.39 is 10.0 Å². The number of hydrogen-bond acceptors (Lipinski definition) is 5. The summed E-state index contributed by atoms with van der Waals surface area (Å²) in [6.45, 7) is 1.37. The number of nitrogens with one attached hydrogen (secondary N) is 2. The van der Waals surface area contributed by atoms with E-state index in [9.17, 15) is 13.2 Å². The molecule has 0 fully saturated rings. The SMILES string of the molecule is CC(=O)Nc1ccc(S(=O)(=O)Nc2cnc(Br)cn2)cc1. The molecule has 1 amide bonds. The van der Waals surface area contributed by atoms with Crippen molar-refractivity contribution in [2.75, 3.05) is 10.0 Å². The number of carbonyl (C=O) groups is 1. The van der Waals surface area contributed by atoms with Gasteiger partial charge < -0.3 is 5.32 Å². The standard InChI is InChI=1S/C12H11BrN4O3S/c1-8(18)16-9-2-4-10(5-3-9)21(19,20)17-12-7-14-11(13)6-15-12/h2-7H,1H3,(H,15,17)(H,16,18). The predicted molar refractivity (Wildman–Crippen MR) is 81.3 cm³/mol. The van der Waals surface area contributed by atoms with Gasteiger partial charge in [-0.05, 0) is 40.2 Å². The molecular formula is C12H11BrN4O3S. The second-order valence-electron chi connectivity index (χ2n) is 4.04. The summed E-state index contributed by atoms with van der Waals surface area (Å²) >= 11 is 3.11. The molecule has 0 saturated heterocycles. The van der Waals surface area contributed by atoms with E-state index >= 15 is 0 Å². The Hall–Kier alpha value is -2.00. The Bertz CT molecular complexity index is 745. The highest BCUT2D eigenvalue weighted by atomic mass is 79.9. The zero-order valence-electron chi connectivity index (χ0n) is 10.9. The van der Waals surface area contributed by atoms with Crippen molar-refractivity contribution in [2.45, 2.75) is 11.8 Å². The molecule has 21 heavy (non-hydrogen) atoms. The van der Waals surface area contributed by atoms with Gasteiger partial charge in [-0.15, -0.1) is 0 Å². The highest BCUT2D eigenvalue weighted by Gasteiger charge is 2.15. The van der Waals surface area contributed by atoms with Crippen molar-refractivity contribution in [2.24, 2.45) is 0 Å². The summed E-state index contributed by atoms with van der Waals surface area (Å²) in [6.07, 6.45) is 2.69. The maximum Gasteiger partial charge on any atom is 0.263 e. The quantitative estimate of drug-likeness (QED) is 0.856. The number of benzene rings is 1. The van der Waals surface area contributed by atoms with Gasteiger partial charge in [0.05, 0.1) is 17.3 Å². The first-order valence-electron chi connectivity index (χ1n) is 5.75. The van der Waals surface area contributed by atoms with Crippen LogP contribution in [0.25, 0.3) is 0 Å². The normalized spacial score (nSPS) is 11.0. The maximum absolute atomic E-state index is 12.1. The molecule has 0 atom stereocenters. The van der Waals surface area contributed by atoms with Crippen molar-refractivity contribution in [3.05, 3.63) is 41.3 Å². The van der Waals surface area contributed by atoms with Crippen LogP contribution in [0.1, 0.15) is 6.92 Å². The minimum atomic E-state index is -3.75. The van der Waals surface area contributed by atoms with Gasteiger partial charge in [0.1, 0.15) is 4.60 Å². The zero-order chi connectivity index (χ0) is 15.5. The number of aromatic nitrogens is 2. The summed E-state index contributed by atoms with van der Waals surface area (Å²) in [5.74, 6) is -0.113. The molecule has 9 heteroatoms. The Morgan fingerprint density at radius 2 is 1.81 bits per heavy atom. The average Bonchev–Trinajstić information content (AvgIpc) is 2.41. The summed E-state index contributed by atoms with van der Waals surface area (Å²) in [5.41, 5.74) is 0.518. The van der Waals surface area contributed by atoms with Crippen LogP contribution in [0.5, 0.6) is 0 Å². The summed E-state index contributed by atoms with van der Waals surface area (Å²) in [5, 5.41) is 2.56. The first-order chi connectivity index (χ1) is 9.87. The van der Waals surface area contributed by atoms with Crippen LogP contribution in [0.4, 0.5) is 11.5 Å². The lowest BCUT2D eigenvalue weighted by molar-refractivity contribution is -0.114. The van der Waals surface area contributed by atoms with Crippen LogP contribution < -0.4 is 10.0 Å². The molecule has 0 unspecified atom stereocenters. The fraction of sp³-hybridized carbons (Fsp3) is 0.0833. The third kappa shape index (κ3) is 4.23. The van der Waals surface area contributed by atoms with Crippen molar-refractivity contribution in [1.82, 2.24) is 9.97 Å². The number of hydrogen-bond donors (Lipinski definition) is 2. The van der Waals surface area contributed by atoms with Gasteiger partial charge in [-0.3, -0.25) is 9.52 Å². The second-order valence-corrected chi connectivity index (χ2v) is 6.53. The van der Waals surface area contributed by atoms with Crippen LogP contribution in [0.2, 0.25) is 0 Å². The van der Waals surface area contributed by atoms with Gasteiger partial charge in [0.2, 0.25) is 5.91 Å². The minimum absolute atomic E-state index is 0.0568. The van der Waals surface area contributed by atoms with Gasteiger partial charge in [0.15, 0.2) is 5.82 Å². The molecule has 1 aromatic carbocycles. The molecular weight excluding hydrogens is 360 g/mol. The molecule has 2 N–H and O–H groups in total. The summed E-state index contributed by atoms with van der Waals surface area (Å²) in [4.78, 5) is 18.7. The van der Waals surface area contributed by atoms with E-state index in [2.05, 4.69) is 35.9 Å². The molecule has 110 valence electrons. The lowest BCUT2D eigenvalue weighted by Gasteiger charge is -2.08. The Kier molecular flexibility index (Phi) is 4.53. The molecule has 7 nitrogen and oxygen atoms in total. The molecule has 0 aliphatic rings. The number of rotatable bonds is 4. The highest BCUT2D eigenvalue weighted by Crippen LogP contribution is 2.17. The average molecular weight is 371 g/mol. The largest absolute Gasteiger partial charge is 0.326 e. The van der Waals surface area contributed by atoms with Crippen molar-refractivity contribution in [1.29, 1.82) is 0 Å². The van der Waals surface area contributed by atoms with Crippen LogP contribution in [-0.4, -0.2) is 24.3 Å². The van der Waals surface area contributed by atoms with Crippen LogP contribution in [-0.2, 0) is 14.8 Å². The van der Waals surface area contributed by atoms with Gasteiger partial charge in [-0.25, -0.2) is 18.4 Å². The Morgan fingerprint density at radius 3 is 2.33 bits per heavy atom. The Morgan fingerprint density at radius 1 is 1.14 bits per heavy atom. The predicted octanol–water partition coefficient (Wildman–Crippen LogP) is 2.00. The molecule has 1 heterocycles. The molecule has 1 aromatic heterocycles. The number of carbonyl (C=O) groups excluding carboxylic acids is 1. The Balaban J connectivity index is 2.19. The van der Waals surface area contributed by atoms with Crippen molar-refractivity contribution >= 4 is 43.4 Å². The topological polar surface area (TPSA) is 101 Å². The van der Waals surface area contributed by atoms with Gasteiger partial charge in [-0.2, -0.15) is 0 Å². The number of sulfonamides is 1. The summed E-state index contributed by atoms with van der Waals surface area (Å²) in [6, 6.07) is 5.78. The van der Waals surface area contributed by atoms with Gasteiger partial charge in [-0.1, -0.05) is 0 Å². The fourth-order valence-corrected chi connectivity index (χ4v) is 2.68. The number of nitrogens with zero attached hydrogens (tertiary/aromatic N) is 2. The Labute approximate surface area is 130 Å². The van der Waals surface area contributed by atoms with Crippen LogP contribution in [0, 0.1) is 0 Å². The third-order valence-corrected chi connectivity index (χ3v) is 4.12. The lowest BCUT2D eigenvalue weighted by Crippen LogP contribution is -2.14. The zero-order valence-corrected chi connectivity index (χ0v) is 13.3. The van der Waals surface area contributed by atoms with Gasteiger partial charge in [0.25, 0.3) is 10.0 Å². The molecule has 0 aliphatic heterocycles. The number of halogens is 1. The van der Waals surface area contributed by atoms with E-state index in [1.165, 1.54) is 43.6 Å². The molecule has 0 saturated carbocycles. The first-order valence-corrected chi connectivity index (χ1v) is 8.02. The fourth-order valence-electron chi connectivity index (χ4n) is 1.48. The van der Waals surface area contributed by atoms with Crippen molar-refractivity contribution < 1.29 is 13.2 Å². The van der Waals surface area contributed by atoms with E-state index in [4.69, 9.17) is 0 Å². The molecule has 0 spiro atoms. The summed E-state index contributed by atoms with van der Waals surface area (Å²) < 4.78 is 27.1. The highest BCUT2D eigenvalue weighted by molar-refractivity contribution is 9.10. The second kappa shape index (κ2) is 6.19. The minimum Gasteiger partial charge on any atom is -0.326 e. The van der Waals surface area contributed by atoms with Gasteiger partial charge in [0, 0.05) is 12.6 Å². The first kappa shape index (κ1) is 15.4. The van der Waals surface area contributed by atoms with Crippen LogP contribution in [0.15, 0.2) is 46.2 Å². The molecule has 0 radical (unpaired) electrons. The van der Waals surface area contributed by atoms with Crippen molar-refractivity contribution in [3.63, 3.8) is 0 Å². The number of anilines is 2. The van der Waals surface area contributed by atoms with E-state index in [0.717, 1.165) is 0 Å². The van der Waals surface area contributed by atoms with Gasteiger partial charge >= 0.3 is 0 Å². The maximum atomic E-state index is 12.1. The van der Waals surface area contributed by atoms with E-state index in [1.54, 1.807) is 0 Å². The monoisotopic (exact) mass is 370 g/mol. The lowest BCUT2D eigenvalue weighted by atomic mass is 10.3. The molecule has 0 bridgehead atoms. The molecule has 2 aromatic rings. The van der Waals surface area contributed by atoms with Crippen LogP contribution in [0.3, 0.4) is 0 Å². The van der Waals surface area contributed by atoms with E-state index in [-0.39, 0.29) is 16.6 Å². The molecule has 2 rings (SSSR count). The van der Waals surface area contributed by atoms with E-state index in [0.29, 0.717) is 10.3 Å². The molecule has 0 aliphatic carbocycles. The smallest absolute Gasteiger partial charge is 0.263 e.